The Labute approximate surface area is 56.4 Å². The van der Waals surface area contributed by atoms with Crippen LogP contribution in [0.2, 0.25) is 0 Å². The zero-order valence-electron chi connectivity index (χ0n) is 5.93. The van der Waals surface area contributed by atoms with E-state index in [-0.39, 0.29) is 0 Å². The largest absolute Gasteiger partial charge is 0.375 e. The highest BCUT2D eigenvalue weighted by atomic mass is 15.2. The van der Waals surface area contributed by atoms with Crippen LogP contribution in [-0.4, -0.2) is 18.0 Å². The van der Waals surface area contributed by atoms with Crippen LogP contribution in [0, 0.1) is 5.92 Å². The lowest BCUT2D eigenvalue weighted by molar-refractivity contribution is 0.426. The topological polar surface area (TPSA) is 3.24 Å². The molecule has 0 saturated carbocycles. The highest BCUT2D eigenvalue weighted by Crippen LogP contribution is 2.31. The average Bonchev–Trinajstić information content (AvgIpc) is 2.35. The van der Waals surface area contributed by atoms with Gasteiger partial charge >= 0.3 is 0 Å². The van der Waals surface area contributed by atoms with E-state index in [0.29, 0.717) is 0 Å². The highest BCUT2D eigenvalue weighted by molar-refractivity contribution is 5.14. The molecule has 0 aromatic rings. The zero-order chi connectivity index (χ0) is 6.27. The molecule has 9 heavy (non-hydrogen) atoms. The predicted octanol–water partition coefficient (Wildman–Crippen LogP) is 1.62. The summed E-state index contributed by atoms with van der Waals surface area (Å²) >= 11 is 0. The fourth-order valence-electron chi connectivity index (χ4n) is 1.88. The van der Waals surface area contributed by atoms with Gasteiger partial charge in [0.1, 0.15) is 0 Å². The van der Waals surface area contributed by atoms with Gasteiger partial charge in [-0.25, -0.2) is 0 Å². The Bertz CT molecular complexity index is 149. The molecular weight excluding hydrogens is 110 g/mol. The molecule has 1 nitrogen and oxygen atoms in total. The summed E-state index contributed by atoms with van der Waals surface area (Å²) in [5.41, 5.74) is 1.62. The number of fused-ring (bicyclic) bond motifs is 1. The van der Waals surface area contributed by atoms with E-state index >= 15 is 0 Å². The average molecular weight is 123 g/mol. The highest BCUT2D eigenvalue weighted by Gasteiger charge is 2.26. The van der Waals surface area contributed by atoms with E-state index < -0.39 is 0 Å². The van der Waals surface area contributed by atoms with Crippen LogP contribution in [0.3, 0.4) is 0 Å². The molecule has 0 radical (unpaired) electrons. The first-order chi connectivity index (χ1) is 4.38. The molecule has 2 rings (SSSR count). The van der Waals surface area contributed by atoms with E-state index in [9.17, 15) is 0 Å². The second-order valence-corrected chi connectivity index (χ2v) is 3.09. The molecule has 0 aliphatic carbocycles. The van der Waals surface area contributed by atoms with Gasteiger partial charge in [-0.15, -0.1) is 0 Å². The molecule has 0 N–H and O–H groups in total. The van der Waals surface area contributed by atoms with Crippen LogP contribution in [0.4, 0.5) is 0 Å². The Morgan fingerprint density at radius 2 is 2.44 bits per heavy atom. The van der Waals surface area contributed by atoms with Gasteiger partial charge in [-0.05, 0) is 18.8 Å². The molecular formula is C8H13N. The number of rotatable bonds is 0. The van der Waals surface area contributed by atoms with Crippen LogP contribution in [0.15, 0.2) is 11.8 Å². The zero-order valence-corrected chi connectivity index (χ0v) is 5.93. The minimum Gasteiger partial charge on any atom is -0.375 e. The first-order valence-corrected chi connectivity index (χ1v) is 3.83. The second kappa shape index (κ2) is 1.76. The Hall–Kier alpha value is -0.460. The summed E-state index contributed by atoms with van der Waals surface area (Å²) in [5, 5.41) is 0. The van der Waals surface area contributed by atoms with Gasteiger partial charge < -0.3 is 4.90 Å². The van der Waals surface area contributed by atoms with Gasteiger partial charge in [0.05, 0.1) is 0 Å². The lowest BCUT2D eigenvalue weighted by Crippen LogP contribution is -2.13. The van der Waals surface area contributed by atoms with Gasteiger partial charge in [-0.1, -0.05) is 13.0 Å². The molecule has 0 aromatic heterocycles. The second-order valence-electron chi connectivity index (χ2n) is 3.09. The molecule has 2 aliphatic rings. The maximum absolute atomic E-state index is 2.52. The Kier molecular flexibility index (Phi) is 1.04. The van der Waals surface area contributed by atoms with Crippen LogP contribution >= 0.6 is 0 Å². The molecule has 2 heterocycles. The van der Waals surface area contributed by atoms with Gasteiger partial charge in [0.15, 0.2) is 0 Å². The summed E-state index contributed by atoms with van der Waals surface area (Å²) in [6.45, 7) is 4.93. The predicted molar refractivity (Wildman–Crippen MR) is 38.1 cm³/mol. The first-order valence-electron chi connectivity index (χ1n) is 3.83. The fraction of sp³-hybridized carbons (Fsp3) is 0.750. The Morgan fingerprint density at radius 1 is 1.56 bits per heavy atom. The van der Waals surface area contributed by atoms with Crippen LogP contribution in [-0.2, 0) is 0 Å². The molecule has 1 unspecified atom stereocenters. The normalized spacial score (nSPS) is 32.8. The van der Waals surface area contributed by atoms with Crippen molar-refractivity contribution in [3.63, 3.8) is 0 Å². The summed E-state index contributed by atoms with van der Waals surface area (Å²) < 4.78 is 0. The van der Waals surface area contributed by atoms with Crippen molar-refractivity contribution in [1.82, 2.24) is 4.90 Å². The lowest BCUT2D eigenvalue weighted by atomic mass is 10.1. The third-order valence-corrected chi connectivity index (χ3v) is 2.45. The summed E-state index contributed by atoms with van der Waals surface area (Å²) in [6.07, 6.45) is 5.07. The maximum Gasteiger partial charge on any atom is 0.0210 e. The maximum atomic E-state index is 2.52. The van der Waals surface area contributed by atoms with Crippen molar-refractivity contribution >= 4 is 0 Å². The minimum absolute atomic E-state index is 0.854. The van der Waals surface area contributed by atoms with E-state index in [1.807, 2.05) is 0 Å². The van der Waals surface area contributed by atoms with Gasteiger partial charge in [0.25, 0.3) is 0 Å². The lowest BCUT2D eigenvalue weighted by Gasteiger charge is -2.12. The molecule has 1 fully saturated rings. The van der Waals surface area contributed by atoms with Crippen molar-refractivity contribution in [2.45, 2.75) is 19.8 Å². The summed E-state index contributed by atoms with van der Waals surface area (Å²) in [4.78, 5) is 2.52. The molecule has 0 amide bonds. The van der Waals surface area contributed by atoms with E-state index in [2.05, 4.69) is 17.9 Å². The molecule has 1 saturated heterocycles. The van der Waals surface area contributed by atoms with Crippen molar-refractivity contribution in [3.05, 3.63) is 11.8 Å². The monoisotopic (exact) mass is 123 g/mol. The molecule has 0 aromatic carbocycles. The third-order valence-electron chi connectivity index (χ3n) is 2.45. The smallest absolute Gasteiger partial charge is 0.0210 e. The standard InChI is InChI=1S/C8H13N/c1-7-4-6-9-5-2-3-8(7)9/h3,7H,2,4-6H2,1H3. The Balaban J connectivity index is 2.22. The van der Waals surface area contributed by atoms with Crippen LogP contribution in [0.5, 0.6) is 0 Å². The molecule has 50 valence electrons. The Morgan fingerprint density at radius 3 is 3.22 bits per heavy atom. The minimum atomic E-state index is 0.854. The van der Waals surface area contributed by atoms with Gasteiger partial charge in [-0.2, -0.15) is 0 Å². The van der Waals surface area contributed by atoms with Crippen molar-refractivity contribution in [1.29, 1.82) is 0 Å². The van der Waals surface area contributed by atoms with Crippen LogP contribution < -0.4 is 0 Å². The number of allylic oxidation sites excluding steroid dienone is 1. The van der Waals surface area contributed by atoms with Gasteiger partial charge in [0.2, 0.25) is 0 Å². The van der Waals surface area contributed by atoms with E-state index in [1.165, 1.54) is 25.9 Å². The molecule has 1 atom stereocenters. The SMILES string of the molecule is CC1CCN2CCC=C12. The fourth-order valence-corrected chi connectivity index (χ4v) is 1.88. The molecule has 2 aliphatic heterocycles. The van der Waals surface area contributed by atoms with Crippen molar-refractivity contribution < 1.29 is 0 Å². The van der Waals surface area contributed by atoms with E-state index in [4.69, 9.17) is 0 Å². The van der Waals surface area contributed by atoms with Gasteiger partial charge in [-0.3, -0.25) is 0 Å². The van der Waals surface area contributed by atoms with E-state index in [1.54, 1.807) is 5.70 Å². The third kappa shape index (κ3) is 0.673. The summed E-state index contributed by atoms with van der Waals surface area (Å²) in [7, 11) is 0. The van der Waals surface area contributed by atoms with Crippen LogP contribution in [0.25, 0.3) is 0 Å². The molecule has 1 heteroatoms. The number of hydrogen-bond acceptors (Lipinski definition) is 1. The summed E-state index contributed by atoms with van der Waals surface area (Å²) in [6, 6.07) is 0. The van der Waals surface area contributed by atoms with Gasteiger partial charge in [0, 0.05) is 18.8 Å². The van der Waals surface area contributed by atoms with Crippen LogP contribution in [0.1, 0.15) is 19.8 Å². The molecule has 0 bridgehead atoms. The number of nitrogens with zero attached hydrogens (tertiary/aromatic N) is 1. The quantitative estimate of drug-likeness (QED) is 0.473. The van der Waals surface area contributed by atoms with E-state index in [0.717, 1.165) is 5.92 Å². The van der Waals surface area contributed by atoms with Crippen molar-refractivity contribution in [3.8, 4) is 0 Å². The number of hydrogen-bond donors (Lipinski definition) is 0. The first kappa shape index (κ1) is 5.33. The summed E-state index contributed by atoms with van der Waals surface area (Å²) in [5.74, 6) is 0.854. The van der Waals surface area contributed by atoms with Crippen molar-refractivity contribution in [2.75, 3.05) is 13.1 Å². The van der Waals surface area contributed by atoms with Crippen molar-refractivity contribution in [2.24, 2.45) is 5.92 Å². The molecule has 0 spiro atoms.